The van der Waals surface area contributed by atoms with Crippen LogP contribution < -0.4 is 9.47 Å². The first kappa shape index (κ1) is 9.78. The number of halogens is 1. The lowest BCUT2D eigenvalue weighted by Gasteiger charge is -2.11. The van der Waals surface area contributed by atoms with Crippen LogP contribution in [0.5, 0.6) is 11.5 Å². The van der Waals surface area contributed by atoms with Gasteiger partial charge in [0.15, 0.2) is 11.5 Å². The first-order valence-electron chi connectivity index (χ1n) is 4.96. The summed E-state index contributed by atoms with van der Waals surface area (Å²) in [4.78, 5) is 11.2. The Labute approximate surface area is 96.7 Å². The summed E-state index contributed by atoms with van der Waals surface area (Å²) >= 11 is 6.02. The Bertz CT molecular complexity index is 479. The second-order valence-electron chi connectivity index (χ2n) is 4.08. The number of fused-ring (bicyclic) bond motifs is 1. The minimum Gasteiger partial charge on any atom is -0.481 e. The Balaban J connectivity index is 2.10. The molecule has 0 saturated heterocycles. The maximum Gasteiger partial charge on any atom is 0.314 e. The number of benzene rings is 1. The summed E-state index contributed by atoms with van der Waals surface area (Å²) in [5, 5.41) is 9.60. The van der Waals surface area contributed by atoms with E-state index in [4.69, 9.17) is 21.1 Å². The first-order chi connectivity index (χ1) is 7.63. The van der Waals surface area contributed by atoms with Crippen molar-refractivity contribution in [3.05, 3.63) is 22.7 Å². The van der Waals surface area contributed by atoms with Crippen LogP contribution in [0.2, 0.25) is 5.02 Å². The number of hydrogen-bond acceptors (Lipinski definition) is 3. The molecule has 0 aromatic heterocycles. The average molecular weight is 241 g/mol. The Hall–Kier alpha value is -1.42. The van der Waals surface area contributed by atoms with Crippen molar-refractivity contribution in [2.24, 2.45) is 0 Å². The molecule has 3 rings (SSSR count). The van der Waals surface area contributed by atoms with Crippen LogP contribution in [-0.4, -0.2) is 17.9 Å². The van der Waals surface area contributed by atoms with E-state index in [0.29, 0.717) is 34.9 Å². The Morgan fingerprint density at radius 1 is 1.38 bits per heavy atom. The zero-order valence-corrected chi connectivity index (χ0v) is 9.08. The molecule has 2 aliphatic rings. The number of carboxylic acid groups (broad SMARTS) is 1. The van der Waals surface area contributed by atoms with Gasteiger partial charge in [0, 0.05) is 0 Å². The number of ether oxygens (including phenoxy) is 2. The highest BCUT2D eigenvalue weighted by atomic mass is 35.5. The number of hydrogen-bond donors (Lipinski definition) is 1. The smallest absolute Gasteiger partial charge is 0.314 e. The van der Waals surface area contributed by atoms with Crippen LogP contribution in [-0.2, 0) is 10.2 Å². The largest absolute Gasteiger partial charge is 0.481 e. The van der Waals surface area contributed by atoms with Gasteiger partial charge in [-0.15, -0.1) is 0 Å². The number of rotatable bonds is 2. The first-order valence-corrected chi connectivity index (χ1v) is 5.34. The van der Waals surface area contributed by atoms with Gasteiger partial charge in [0.1, 0.15) is 0 Å². The topological polar surface area (TPSA) is 55.8 Å². The SMILES string of the molecule is O=C(O)C1(c2cc(Cl)c3c(c2)OCO3)CC1. The molecular formula is C11H9ClO4. The Kier molecular flexibility index (Phi) is 1.86. The van der Waals surface area contributed by atoms with Crippen LogP contribution in [0, 0.1) is 0 Å². The van der Waals surface area contributed by atoms with Crippen molar-refractivity contribution in [2.75, 3.05) is 6.79 Å². The van der Waals surface area contributed by atoms with Crippen molar-refractivity contribution >= 4 is 17.6 Å². The summed E-state index contributed by atoms with van der Waals surface area (Å²) in [6.45, 7) is 0.137. The standard InChI is InChI=1S/C11H9ClO4/c12-7-3-6(11(1-2-11)10(13)14)4-8-9(7)16-5-15-8/h3-4H,1-2,5H2,(H,13,14). The van der Waals surface area contributed by atoms with E-state index in [9.17, 15) is 9.90 Å². The van der Waals surface area contributed by atoms with Crippen LogP contribution in [0.4, 0.5) is 0 Å². The highest BCUT2D eigenvalue weighted by molar-refractivity contribution is 6.32. The fraction of sp³-hybridized carbons (Fsp3) is 0.364. The van der Waals surface area contributed by atoms with Crippen molar-refractivity contribution in [3.63, 3.8) is 0 Å². The fourth-order valence-electron chi connectivity index (χ4n) is 1.99. The summed E-state index contributed by atoms with van der Waals surface area (Å²) in [6, 6.07) is 3.38. The normalized spacial score (nSPS) is 19.6. The third-order valence-corrected chi connectivity index (χ3v) is 3.42. The van der Waals surface area contributed by atoms with Gasteiger partial charge >= 0.3 is 5.97 Å². The van der Waals surface area contributed by atoms with E-state index >= 15 is 0 Å². The molecule has 1 aromatic carbocycles. The van der Waals surface area contributed by atoms with Gasteiger partial charge in [0.2, 0.25) is 6.79 Å². The third kappa shape index (κ3) is 1.19. The summed E-state index contributed by atoms with van der Waals surface area (Å²) < 4.78 is 10.4. The van der Waals surface area contributed by atoms with Gasteiger partial charge < -0.3 is 14.6 Å². The van der Waals surface area contributed by atoms with Gasteiger partial charge in [0.05, 0.1) is 10.4 Å². The fourth-order valence-corrected chi connectivity index (χ4v) is 2.26. The molecule has 1 N–H and O–H groups in total. The molecule has 0 spiro atoms. The van der Waals surface area contributed by atoms with Gasteiger partial charge in [-0.1, -0.05) is 11.6 Å². The molecule has 0 atom stereocenters. The lowest BCUT2D eigenvalue weighted by atomic mass is 9.96. The Morgan fingerprint density at radius 3 is 2.75 bits per heavy atom. The van der Waals surface area contributed by atoms with Crippen LogP contribution in [0.3, 0.4) is 0 Å². The van der Waals surface area contributed by atoms with E-state index in [-0.39, 0.29) is 6.79 Å². The minimum atomic E-state index is -0.803. The zero-order chi connectivity index (χ0) is 11.3. The van der Waals surface area contributed by atoms with E-state index in [0.717, 1.165) is 0 Å². The van der Waals surface area contributed by atoms with Crippen LogP contribution in [0.25, 0.3) is 0 Å². The predicted molar refractivity (Wildman–Crippen MR) is 56.1 cm³/mol. The van der Waals surface area contributed by atoms with Gasteiger partial charge in [-0.2, -0.15) is 0 Å². The molecule has 1 saturated carbocycles. The molecular weight excluding hydrogens is 232 g/mol. The molecule has 0 bridgehead atoms. The molecule has 1 fully saturated rings. The molecule has 0 unspecified atom stereocenters. The lowest BCUT2D eigenvalue weighted by molar-refractivity contribution is -0.140. The number of carboxylic acids is 1. The second-order valence-corrected chi connectivity index (χ2v) is 4.49. The van der Waals surface area contributed by atoms with E-state index < -0.39 is 11.4 Å². The molecule has 4 nitrogen and oxygen atoms in total. The van der Waals surface area contributed by atoms with Crippen molar-refractivity contribution in [1.29, 1.82) is 0 Å². The van der Waals surface area contributed by atoms with Crippen LogP contribution in [0.15, 0.2) is 12.1 Å². The second kappa shape index (κ2) is 3.04. The van der Waals surface area contributed by atoms with E-state index in [2.05, 4.69) is 0 Å². The maximum absolute atomic E-state index is 11.2. The molecule has 1 aliphatic heterocycles. The molecule has 5 heteroatoms. The van der Waals surface area contributed by atoms with E-state index in [1.165, 1.54) is 0 Å². The molecule has 1 heterocycles. The maximum atomic E-state index is 11.2. The monoisotopic (exact) mass is 240 g/mol. The van der Waals surface area contributed by atoms with Crippen molar-refractivity contribution in [1.82, 2.24) is 0 Å². The minimum absolute atomic E-state index is 0.137. The number of carbonyl (C=O) groups is 1. The van der Waals surface area contributed by atoms with Gasteiger partial charge in [-0.3, -0.25) is 4.79 Å². The van der Waals surface area contributed by atoms with Gasteiger partial charge in [0.25, 0.3) is 0 Å². The van der Waals surface area contributed by atoms with E-state index in [1.54, 1.807) is 12.1 Å². The van der Waals surface area contributed by atoms with Gasteiger partial charge in [-0.05, 0) is 30.5 Å². The third-order valence-electron chi connectivity index (χ3n) is 3.14. The molecule has 1 aliphatic carbocycles. The van der Waals surface area contributed by atoms with Crippen molar-refractivity contribution in [3.8, 4) is 11.5 Å². The highest BCUT2D eigenvalue weighted by Gasteiger charge is 2.52. The van der Waals surface area contributed by atoms with E-state index in [1.807, 2.05) is 0 Å². The van der Waals surface area contributed by atoms with Crippen LogP contribution in [0.1, 0.15) is 18.4 Å². The summed E-state index contributed by atoms with van der Waals surface area (Å²) in [7, 11) is 0. The predicted octanol–water partition coefficient (Wildman–Crippen LogP) is 2.18. The summed E-state index contributed by atoms with van der Waals surface area (Å²) in [5.41, 5.74) is -0.0563. The molecule has 0 amide bonds. The zero-order valence-electron chi connectivity index (χ0n) is 8.33. The molecule has 84 valence electrons. The number of aliphatic carboxylic acids is 1. The quantitative estimate of drug-likeness (QED) is 0.861. The van der Waals surface area contributed by atoms with Crippen molar-refractivity contribution in [2.45, 2.75) is 18.3 Å². The molecule has 0 radical (unpaired) electrons. The Morgan fingerprint density at radius 2 is 2.12 bits per heavy atom. The van der Waals surface area contributed by atoms with Crippen molar-refractivity contribution < 1.29 is 19.4 Å². The molecule has 1 aromatic rings. The summed E-state index contributed by atoms with van der Waals surface area (Å²) in [6.07, 6.45) is 1.30. The highest BCUT2D eigenvalue weighted by Crippen LogP contribution is 2.52. The average Bonchev–Trinajstić information content (AvgIpc) is 2.92. The molecule has 16 heavy (non-hydrogen) atoms. The lowest BCUT2D eigenvalue weighted by Crippen LogP contribution is -2.19. The summed E-state index contributed by atoms with van der Waals surface area (Å²) in [5.74, 6) is 0.240. The van der Waals surface area contributed by atoms with Gasteiger partial charge in [-0.25, -0.2) is 0 Å². The van der Waals surface area contributed by atoms with Crippen LogP contribution >= 0.6 is 11.6 Å².